The minimum Gasteiger partial charge on any atom is -0.492 e. The second-order valence-electron chi connectivity index (χ2n) is 4.63. The first-order valence-corrected chi connectivity index (χ1v) is 9.43. The van der Waals surface area contributed by atoms with E-state index in [0.717, 1.165) is 39.8 Å². The van der Waals surface area contributed by atoms with E-state index < -0.39 is 0 Å². The summed E-state index contributed by atoms with van der Waals surface area (Å²) in [6.45, 7) is 6.53. The van der Waals surface area contributed by atoms with Crippen LogP contribution in [0.3, 0.4) is 0 Å². The number of thiophene rings is 1. The van der Waals surface area contributed by atoms with E-state index in [0.29, 0.717) is 6.61 Å². The smallest absolute Gasteiger partial charge is 0.138 e. The summed E-state index contributed by atoms with van der Waals surface area (Å²) in [5, 5.41) is 3.50. The fourth-order valence-corrected chi connectivity index (χ4v) is 4.43. The highest BCUT2D eigenvalue weighted by molar-refractivity contribution is 9.11. The maximum atomic E-state index is 5.74. The predicted molar refractivity (Wildman–Crippen MR) is 97.3 cm³/mol. The Bertz CT molecular complexity index is 598. The van der Waals surface area contributed by atoms with Crippen LogP contribution in [-0.4, -0.2) is 6.61 Å². The van der Waals surface area contributed by atoms with Crippen LogP contribution in [-0.2, 0) is 19.5 Å². The molecule has 1 aromatic heterocycles. The van der Waals surface area contributed by atoms with Crippen LogP contribution < -0.4 is 10.1 Å². The van der Waals surface area contributed by atoms with Gasteiger partial charge in [-0.2, -0.15) is 0 Å². The molecule has 1 aromatic carbocycles. The first kappa shape index (κ1) is 17.0. The Morgan fingerprint density at radius 1 is 1.10 bits per heavy atom. The maximum Gasteiger partial charge on any atom is 0.138 e. The molecule has 0 fully saturated rings. The van der Waals surface area contributed by atoms with E-state index in [1.807, 2.05) is 24.3 Å². The first-order valence-electron chi connectivity index (χ1n) is 7.03. The van der Waals surface area contributed by atoms with E-state index in [-0.39, 0.29) is 0 Å². The molecule has 5 heteroatoms. The minimum absolute atomic E-state index is 0.665. The number of nitrogens with one attached hydrogen (secondary N) is 1. The molecular weight excluding hydrogens is 414 g/mol. The fourth-order valence-electron chi connectivity index (χ4n) is 2.08. The number of hydrogen-bond donors (Lipinski definition) is 1. The van der Waals surface area contributed by atoms with Crippen LogP contribution in [0.4, 0.5) is 0 Å². The van der Waals surface area contributed by atoms with Crippen molar-refractivity contribution in [2.45, 2.75) is 33.4 Å². The Hall–Kier alpha value is -0.360. The number of aryl methyl sites for hydroxylation is 1. The lowest BCUT2D eigenvalue weighted by molar-refractivity contribution is 0.333. The molecule has 21 heavy (non-hydrogen) atoms. The standard InChI is InChI=1S/C16H19Br2NOS/c1-3-13-5-6-14(21-13)10-19-9-11-7-12(17)8-15(18)16(11)20-4-2/h5-8,19H,3-4,9-10H2,1-2H3. The lowest BCUT2D eigenvalue weighted by Crippen LogP contribution is -2.13. The van der Waals surface area contributed by atoms with Crippen LogP contribution in [0.1, 0.15) is 29.2 Å². The molecule has 1 N–H and O–H groups in total. The van der Waals surface area contributed by atoms with Crippen LogP contribution in [0.25, 0.3) is 0 Å². The molecule has 0 radical (unpaired) electrons. The first-order chi connectivity index (χ1) is 10.1. The lowest BCUT2D eigenvalue weighted by Gasteiger charge is -2.13. The highest BCUT2D eigenvalue weighted by Gasteiger charge is 2.10. The normalized spacial score (nSPS) is 10.9. The van der Waals surface area contributed by atoms with E-state index in [9.17, 15) is 0 Å². The van der Waals surface area contributed by atoms with Crippen LogP contribution in [0.15, 0.2) is 33.2 Å². The average Bonchev–Trinajstić information content (AvgIpc) is 2.90. The third-order valence-electron chi connectivity index (χ3n) is 3.05. The molecule has 0 saturated heterocycles. The molecular formula is C16H19Br2NOS. The van der Waals surface area contributed by atoms with Crippen LogP contribution >= 0.6 is 43.2 Å². The highest BCUT2D eigenvalue weighted by Crippen LogP contribution is 2.33. The van der Waals surface area contributed by atoms with E-state index in [2.05, 4.69) is 62.3 Å². The number of ether oxygens (including phenoxy) is 1. The lowest BCUT2D eigenvalue weighted by atomic mass is 10.2. The van der Waals surface area contributed by atoms with Gasteiger partial charge < -0.3 is 10.1 Å². The van der Waals surface area contributed by atoms with E-state index >= 15 is 0 Å². The van der Waals surface area contributed by atoms with Gasteiger partial charge in [0.1, 0.15) is 5.75 Å². The van der Waals surface area contributed by atoms with Crippen molar-refractivity contribution < 1.29 is 4.74 Å². The van der Waals surface area contributed by atoms with Gasteiger partial charge in [0.05, 0.1) is 11.1 Å². The zero-order valence-electron chi connectivity index (χ0n) is 12.2. The van der Waals surface area contributed by atoms with Crippen molar-refractivity contribution in [1.82, 2.24) is 5.32 Å². The summed E-state index contributed by atoms with van der Waals surface area (Å²) in [6.07, 6.45) is 1.11. The zero-order chi connectivity index (χ0) is 15.2. The van der Waals surface area contributed by atoms with Gasteiger partial charge in [-0.15, -0.1) is 11.3 Å². The molecule has 0 spiro atoms. The zero-order valence-corrected chi connectivity index (χ0v) is 16.2. The molecule has 0 bridgehead atoms. The van der Waals surface area contributed by atoms with Crippen molar-refractivity contribution in [3.05, 3.63) is 48.5 Å². The van der Waals surface area contributed by atoms with Crippen molar-refractivity contribution in [1.29, 1.82) is 0 Å². The monoisotopic (exact) mass is 431 g/mol. The summed E-state index contributed by atoms with van der Waals surface area (Å²) in [6, 6.07) is 8.54. The number of benzene rings is 1. The van der Waals surface area contributed by atoms with Crippen LogP contribution in [0.5, 0.6) is 5.75 Å². The number of rotatable bonds is 7. The SMILES string of the molecule is CCOc1c(Br)cc(Br)cc1CNCc1ccc(CC)s1. The van der Waals surface area contributed by atoms with Gasteiger partial charge in [-0.05, 0) is 53.5 Å². The van der Waals surface area contributed by atoms with E-state index in [1.165, 1.54) is 9.75 Å². The molecule has 1 heterocycles. The van der Waals surface area contributed by atoms with Gasteiger partial charge in [0.15, 0.2) is 0 Å². The van der Waals surface area contributed by atoms with Crippen molar-refractivity contribution in [3.63, 3.8) is 0 Å². The van der Waals surface area contributed by atoms with Gasteiger partial charge in [-0.25, -0.2) is 0 Å². The molecule has 0 aliphatic rings. The Morgan fingerprint density at radius 3 is 2.52 bits per heavy atom. The Balaban J connectivity index is 2.01. The largest absolute Gasteiger partial charge is 0.492 e. The number of halogens is 2. The topological polar surface area (TPSA) is 21.3 Å². The Labute approximate surface area is 147 Å². The van der Waals surface area contributed by atoms with Crippen molar-refractivity contribution >= 4 is 43.2 Å². The maximum absolute atomic E-state index is 5.74. The Kier molecular flexibility index (Phi) is 6.74. The molecule has 0 aliphatic carbocycles. The van der Waals surface area contributed by atoms with Gasteiger partial charge in [-0.3, -0.25) is 0 Å². The summed E-state index contributed by atoms with van der Waals surface area (Å²) in [4.78, 5) is 2.81. The molecule has 0 unspecified atom stereocenters. The molecule has 2 nitrogen and oxygen atoms in total. The quantitative estimate of drug-likeness (QED) is 0.621. The number of hydrogen-bond acceptors (Lipinski definition) is 3. The Morgan fingerprint density at radius 2 is 1.86 bits per heavy atom. The van der Waals surface area contributed by atoms with Crippen LogP contribution in [0, 0.1) is 0 Å². The van der Waals surface area contributed by atoms with Crippen molar-refractivity contribution in [2.75, 3.05) is 6.61 Å². The molecule has 0 atom stereocenters. The summed E-state index contributed by atoms with van der Waals surface area (Å²) in [5.74, 6) is 0.925. The van der Waals surface area contributed by atoms with Gasteiger partial charge >= 0.3 is 0 Å². The highest BCUT2D eigenvalue weighted by atomic mass is 79.9. The summed E-state index contributed by atoms with van der Waals surface area (Å²) >= 11 is 8.98. The third-order valence-corrected chi connectivity index (χ3v) is 5.33. The summed E-state index contributed by atoms with van der Waals surface area (Å²) in [7, 11) is 0. The van der Waals surface area contributed by atoms with Crippen molar-refractivity contribution in [3.8, 4) is 5.75 Å². The van der Waals surface area contributed by atoms with Gasteiger partial charge in [-0.1, -0.05) is 22.9 Å². The third kappa shape index (κ3) is 4.81. The average molecular weight is 433 g/mol. The molecule has 114 valence electrons. The second-order valence-corrected chi connectivity index (χ2v) is 7.66. The van der Waals surface area contributed by atoms with Gasteiger partial charge in [0.25, 0.3) is 0 Å². The van der Waals surface area contributed by atoms with E-state index in [4.69, 9.17) is 4.74 Å². The predicted octanol–water partition coefficient (Wildman–Crippen LogP) is 5.52. The fraction of sp³-hybridized carbons (Fsp3) is 0.375. The second kappa shape index (κ2) is 8.32. The van der Waals surface area contributed by atoms with E-state index in [1.54, 1.807) is 0 Å². The summed E-state index contributed by atoms with van der Waals surface area (Å²) in [5.41, 5.74) is 1.16. The van der Waals surface area contributed by atoms with Crippen molar-refractivity contribution in [2.24, 2.45) is 0 Å². The molecule has 0 saturated carbocycles. The van der Waals surface area contributed by atoms with Gasteiger partial charge in [0, 0.05) is 32.9 Å². The molecule has 2 aromatic rings. The summed E-state index contributed by atoms with van der Waals surface area (Å²) < 4.78 is 7.78. The van der Waals surface area contributed by atoms with Crippen LogP contribution in [0.2, 0.25) is 0 Å². The minimum atomic E-state index is 0.665. The molecule has 0 amide bonds. The molecule has 2 rings (SSSR count). The molecule has 0 aliphatic heterocycles. The van der Waals surface area contributed by atoms with Gasteiger partial charge in [0.2, 0.25) is 0 Å².